The SMILES string of the molecule is O=C(OC(CNCCNC(=O)C(F)(F)F)c1ccccc1)C(=O)OC(CNCCNC(=O)C(F)(F)F)c1ccccc1. The molecule has 0 aliphatic rings. The summed E-state index contributed by atoms with van der Waals surface area (Å²) in [5, 5.41) is 8.84. The second-order valence-electron chi connectivity index (χ2n) is 8.52. The Morgan fingerprint density at radius 1 is 0.571 bits per heavy atom. The highest BCUT2D eigenvalue weighted by molar-refractivity contribution is 6.29. The maximum atomic E-state index is 12.6. The van der Waals surface area contributed by atoms with E-state index < -0.39 is 48.3 Å². The number of rotatable bonds is 14. The van der Waals surface area contributed by atoms with Crippen molar-refractivity contribution in [2.45, 2.75) is 24.6 Å². The molecule has 10 nitrogen and oxygen atoms in total. The van der Waals surface area contributed by atoms with Crippen LogP contribution in [0.3, 0.4) is 0 Å². The molecule has 2 rings (SSSR count). The van der Waals surface area contributed by atoms with Gasteiger partial charge in [0, 0.05) is 39.3 Å². The summed E-state index contributed by atoms with van der Waals surface area (Å²) in [4.78, 5) is 47.1. The first-order chi connectivity index (χ1) is 19.8. The number of benzene rings is 2. The molecule has 2 amide bonds. The average Bonchev–Trinajstić information content (AvgIpc) is 2.95. The summed E-state index contributed by atoms with van der Waals surface area (Å²) in [5.41, 5.74) is 0.903. The van der Waals surface area contributed by atoms with Gasteiger partial charge in [-0.3, -0.25) is 9.59 Å². The Labute approximate surface area is 236 Å². The van der Waals surface area contributed by atoms with E-state index in [2.05, 4.69) is 10.6 Å². The molecule has 2 unspecified atom stereocenters. The lowest BCUT2D eigenvalue weighted by Gasteiger charge is -2.21. The third-order valence-electron chi connectivity index (χ3n) is 5.36. The van der Waals surface area contributed by atoms with Crippen LogP contribution in [-0.4, -0.2) is 75.4 Å². The zero-order valence-electron chi connectivity index (χ0n) is 21.9. The molecule has 230 valence electrons. The first kappa shape index (κ1) is 34.0. The molecule has 0 saturated carbocycles. The number of halogens is 6. The summed E-state index contributed by atoms with van der Waals surface area (Å²) in [7, 11) is 0. The molecular weight excluding hydrogens is 578 g/mol. The van der Waals surface area contributed by atoms with Gasteiger partial charge in [0.05, 0.1) is 0 Å². The number of carbonyl (C=O) groups excluding carboxylic acids is 4. The number of hydrogen-bond donors (Lipinski definition) is 4. The Balaban J connectivity index is 1.96. The molecule has 2 atom stereocenters. The van der Waals surface area contributed by atoms with Crippen molar-refractivity contribution in [1.82, 2.24) is 21.3 Å². The zero-order chi connectivity index (χ0) is 31.2. The Kier molecular flexibility index (Phi) is 13.2. The van der Waals surface area contributed by atoms with E-state index in [1.54, 1.807) is 71.3 Å². The van der Waals surface area contributed by atoms with E-state index in [4.69, 9.17) is 9.47 Å². The number of carbonyl (C=O) groups is 4. The Bertz CT molecular complexity index is 1070. The smallest absolute Gasteiger partial charge is 0.448 e. The zero-order valence-corrected chi connectivity index (χ0v) is 21.9. The van der Waals surface area contributed by atoms with Crippen molar-refractivity contribution in [2.75, 3.05) is 39.3 Å². The third kappa shape index (κ3) is 12.1. The van der Waals surface area contributed by atoms with Crippen molar-refractivity contribution in [3.63, 3.8) is 0 Å². The highest BCUT2D eigenvalue weighted by atomic mass is 19.4. The van der Waals surface area contributed by atoms with Crippen molar-refractivity contribution in [3.05, 3.63) is 71.8 Å². The fourth-order valence-corrected chi connectivity index (χ4v) is 3.34. The van der Waals surface area contributed by atoms with E-state index in [0.717, 1.165) is 0 Å². The van der Waals surface area contributed by atoms with Crippen molar-refractivity contribution in [3.8, 4) is 0 Å². The number of alkyl halides is 6. The van der Waals surface area contributed by atoms with Crippen LogP contribution in [0.5, 0.6) is 0 Å². The van der Waals surface area contributed by atoms with Gasteiger partial charge in [0.1, 0.15) is 12.2 Å². The maximum absolute atomic E-state index is 12.6. The van der Waals surface area contributed by atoms with E-state index >= 15 is 0 Å². The first-order valence-corrected chi connectivity index (χ1v) is 12.4. The van der Waals surface area contributed by atoms with E-state index in [1.807, 2.05) is 0 Å². The van der Waals surface area contributed by atoms with Gasteiger partial charge in [-0.1, -0.05) is 60.7 Å². The number of nitrogens with one attached hydrogen (secondary N) is 4. The quantitative estimate of drug-likeness (QED) is 0.111. The molecule has 0 aromatic heterocycles. The Morgan fingerprint density at radius 2 is 0.905 bits per heavy atom. The predicted molar refractivity (Wildman–Crippen MR) is 134 cm³/mol. The fourth-order valence-electron chi connectivity index (χ4n) is 3.34. The predicted octanol–water partition coefficient (Wildman–Crippen LogP) is 2.09. The molecular formula is C26H28F6N4O6. The van der Waals surface area contributed by atoms with Gasteiger partial charge in [0.15, 0.2) is 0 Å². The molecule has 0 aliphatic carbocycles. The van der Waals surface area contributed by atoms with E-state index in [0.29, 0.717) is 11.1 Å². The first-order valence-electron chi connectivity index (χ1n) is 12.4. The molecule has 0 spiro atoms. The van der Waals surface area contributed by atoms with Gasteiger partial charge in [-0.2, -0.15) is 26.3 Å². The topological polar surface area (TPSA) is 135 Å². The van der Waals surface area contributed by atoms with Crippen LogP contribution in [0.15, 0.2) is 60.7 Å². The normalized spacial score (nSPS) is 13.0. The third-order valence-corrected chi connectivity index (χ3v) is 5.36. The van der Waals surface area contributed by atoms with Crippen molar-refractivity contribution >= 4 is 23.8 Å². The lowest BCUT2D eigenvalue weighted by atomic mass is 10.1. The van der Waals surface area contributed by atoms with Gasteiger partial charge in [0.2, 0.25) is 0 Å². The van der Waals surface area contributed by atoms with Crippen molar-refractivity contribution in [2.24, 2.45) is 0 Å². The molecule has 2 aromatic rings. The molecule has 4 N–H and O–H groups in total. The minimum Gasteiger partial charge on any atom is -0.448 e. The van der Waals surface area contributed by atoms with Gasteiger partial charge in [-0.05, 0) is 11.1 Å². The van der Waals surface area contributed by atoms with E-state index in [1.165, 1.54) is 0 Å². The van der Waals surface area contributed by atoms with Gasteiger partial charge < -0.3 is 30.7 Å². The average molecular weight is 607 g/mol. The summed E-state index contributed by atoms with van der Waals surface area (Å²) in [5.74, 6) is -6.97. The maximum Gasteiger partial charge on any atom is 0.471 e. The molecule has 0 radical (unpaired) electrons. The Hall–Kier alpha value is -4.18. The standard InChI is InChI=1S/C26H28F6N4O6/c27-25(28,29)23(39)35-13-11-33-15-19(17-7-3-1-4-8-17)41-21(37)22(38)42-20(18-9-5-2-6-10-18)16-34-12-14-36-24(40)26(30,31)32/h1-10,19-20,33-34H,11-16H2,(H,35,39)(H,36,40). The highest BCUT2D eigenvalue weighted by Gasteiger charge is 2.39. The van der Waals surface area contributed by atoms with Crippen LogP contribution in [0.2, 0.25) is 0 Å². The molecule has 0 heterocycles. The summed E-state index contributed by atoms with van der Waals surface area (Å²) in [6.45, 7) is -1.23. The molecule has 0 bridgehead atoms. The van der Waals surface area contributed by atoms with Crippen molar-refractivity contribution in [1.29, 1.82) is 0 Å². The minimum atomic E-state index is -5.03. The molecule has 42 heavy (non-hydrogen) atoms. The fraction of sp³-hybridized carbons (Fsp3) is 0.385. The summed E-state index contributed by atoms with van der Waals surface area (Å²) in [6, 6.07) is 16.2. The van der Waals surface area contributed by atoms with Crippen LogP contribution in [0.4, 0.5) is 26.3 Å². The van der Waals surface area contributed by atoms with Crippen LogP contribution in [0.1, 0.15) is 23.3 Å². The lowest BCUT2D eigenvalue weighted by molar-refractivity contribution is -0.174. The highest BCUT2D eigenvalue weighted by Crippen LogP contribution is 2.20. The van der Waals surface area contributed by atoms with Crippen LogP contribution in [0.25, 0.3) is 0 Å². The molecule has 2 aromatic carbocycles. The lowest BCUT2D eigenvalue weighted by Crippen LogP contribution is -2.41. The largest absolute Gasteiger partial charge is 0.471 e. The molecule has 0 fully saturated rings. The second-order valence-corrected chi connectivity index (χ2v) is 8.52. The second kappa shape index (κ2) is 16.3. The van der Waals surface area contributed by atoms with Crippen LogP contribution in [-0.2, 0) is 28.7 Å². The molecule has 0 saturated heterocycles. The van der Waals surface area contributed by atoms with Gasteiger partial charge in [-0.15, -0.1) is 0 Å². The van der Waals surface area contributed by atoms with E-state index in [9.17, 15) is 45.5 Å². The van der Waals surface area contributed by atoms with Gasteiger partial charge in [0.25, 0.3) is 0 Å². The van der Waals surface area contributed by atoms with Gasteiger partial charge >= 0.3 is 36.1 Å². The Morgan fingerprint density at radius 3 is 1.21 bits per heavy atom. The van der Waals surface area contributed by atoms with Crippen LogP contribution in [0, 0.1) is 0 Å². The molecule has 0 aliphatic heterocycles. The molecule has 16 heteroatoms. The number of hydrogen-bond acceptors (Lipinski definition) is 8. The monoisotopic (exact) mass is 606 g/mol. The summed E-state index contributed by atoms with van der Waals surface area (Å²) >= 11 is 0. The minimum absolute atomic E-state index is 0.113. The summed E-state index contributed by atoms with van der Waals surface area (Å²) < 4.78 is 84.4. The van der Waals surface area contributed by atoms with Crippen LogP contribution < -0.4 is 21.3 Å². The number of ether oxygens (including phenoxy) is 2. The van der Waals surface area contributed by atoms with Crippen molar-refractivity contribution < 1.29 is 55.0 Å². The van der Waals surface area contributed by atoms with E-state index in [-0.39, 0.29) is 39.3 Å². The van der Waals surface area contributed by atoms with Gasteiger partial charge in [-0.25, -0.2) is 9.59 Å². The van der Waals surface area contributed by atoms with Crippen LogP contribution >= 0.6 is 0 Å². The summed E-state index contributed by atoms with van der Waals surface area (Å²) in [6.07, 6.45) is -12.2. The number of amides is 2. The number of esters is 2.